The van der Waals surface area contributed by atoms with Crippen LogP contribution < -0.4 is 0 Å². The van der Waals surface area contributed by atoms with Crippen molar-refractivity contribution < 1.29 is 4.79 Å². The molecule has 1 rings (SSSR count). The quantitative estimate of drug-likeness (QED) is 0.608. The first kappa shape index (κ1) is 12.0. The summed E-state index contributed by atoms with van der Waals surface area (Å²) < 4.78 is 0. The molecule has 2 nitrogen and oxygen atoms in total. The lowest BCUT2D eigenvalue weighted by Crippen LogP contribution is -2.30. The van der Waals surface area contributed by atoms with E-state index in [0.29, 0.717) is 11.6 Å². The van der Waals surface area contributed by atoms with E-state index in [1.165, 1.54) is 11.3 Å². The number of aromatic nitrogens is 1. The summed E-state index contributed by atoms with van der Waals surface area (Å²) in [6.07, 6.45) is 0.736. The van der Waals surface area contributed by atoms with Crippen molar-refractivity contribution in [3.8, 4) is 0 Å². The van der Waals surface area contributed by atoms with Gasteiger partial charge in [0.05, 0.1) is 5.38 Å². The van der Waals surface area contributed by atoms with Gasteiger partial charge in [0.1, 0.15) is 10.7 Å². The van der Waals surface area contributed by atoms with Crippen LogP contribution in [-0.4, -0.2) is 22.5 Å². The van der Waals surface area contributed by atoms with Crippen LogP contribution >= 0.6 is 34.5 Å². The molecule has 0 bridgehead atoms. The van der Waals surface area contributed by atoms with Gasteiger partial charge in [-0.2, -0.15) is 0 Å². The number of alkyl halides is 2. The lowest BCUT2D eigenvalue weighted by atomic mass is 9.90. The predicted molar refractivity (Wildman–Crippen MR) is 60.9 cm³/mol. The normalized spacial score (nSPS) is 14.0. The van der Waals surface area contributed by atoms with Crippen molar-refractivity contribution in [1.82, 2.24) is 4.98 Å². The molecule has 1 aromatic rings. The van der Waals surface area contributed by atoms with Gasteiger partial charge in [-0.15, -0.1) is 34.5 Å². The minimum absolute atomic E-state index is 0.185. The van der Waals surface area contributed by atoms with Crippen LogP contribution in [0.4, 0.5) is 0 Å². The lowest BCUT2D eigenvalue weighted by molar-refractivity contribution is 0.111. The van der Waals surface area contributed by atoms with Crippen molar-refractivity contribution in [3.63, 3.8) is 0 Å². The molecule has 0 spiro atoms. The molecule has 0 aliphatic rings. The van der Waals surface area contributed by atoms with E-state index >= 15 is 0 Å². The van der Waals surface area contributed by atoms with Crippen LogP contribution in [-0.2, 0) is 5.41 Å². The molecule has 1 atom stereocenters. The topological polar surface area (TPSA) is 30.0 Å². The maximum atomic E-state index is 10.5. The first-order chi connectivity index (χ1) is 6.52. The zero-order chi connectivity index (χ0) is 10.8. The smallest absolute Gasteiger partial charge is 0.169 e. The molecule has 0 radical (unpaired) electrons. The molecule has 1 aromatic heterocycles. The Balaban J connectivity index is 2.96. The number of carbonyl (C=O) groups excluding carboxylic acids is 1. The number of rotatable bonds is 4. The molecule has 78 valence electrons. The average molecular weight is 252 g/mol. The minimum atomic E-state index is -0.296. The highest BCUT2D eigenvalue weighted by atomic mass is 35.5. The summed E-state index contributed by atoms with van der Waals surface area (Å²) in [4.78, 5) is 14.6. The van der Waals surface area contributed by atoms with Crippen molar-refractivity contribution in [2.45, 2.75) is 24.6 Å². The van der Waals surface area contributed by atoms with Crippen molar-refractivity contribution in [2.24, 2.45) is 0 Å². The Labute approximate surface area is 97.2 Å². The average Bonchev–Trinajstić information content (AvgIpc) is 2.65. The first-order valence-corrected chi connectivity index (χ1v) is 5.98. The monoisotopic (exact) mass is 251 g/mol. The Morgan fingerprint density at radius 3 is 2.79 bits per heavy atom. The molecular formula is C9H11Cl2NOS. The van der Waals surface area contributed by atoms with E-state index < -0.39 is 0 Å². The summed E-state index contributed by atoms with van der Waals surface area (Å²) in [7, 11) is 0. The molecule has 0 N–H and O–H groups in total. The zero-order valence-corrected chi connectivity index (χ0v) is 10.3. The molecule has 0 saturated heterocycles. The SMILES string of the molecule is CC(C)(c1nc(C=O)cs1)C(Cl)CCl. The van der Waals surface area contributed by atoms with E-state index in [-0.39, 0.29) is 10.8 Å². The Kier molecular flexibility index (Phi) is 3.93. The second kappa shape index (κ2) is 4.60. The van der Waals surface area contributed by atoms with Crippen LogP contribution in [0, 0.1) is 0 Å². The van der Waals surface area contributed by atoms with E-state index in [0.717, 1.165) is 11.3 Å². The molecule has 1 unspecified atom stereocenters. The van der Waals surface area contributed by atoms with E-state index in [4.69, 9.17) is 23.2 Å². The van der Waals surface area contributed by atoms with E-state index in [9.17, 15) is 4.79 Å². The maximum Gasteiger partial charge on any atom is 0.169 e. The van der Waals surface area contributed by atoms with Crippen molar-refractivity contribution in [1.29, 1.82) is 0 Å². The molecule has 14 heavy (non-hydrogen) atoms. The van der Waals surface area contributed by atoms with E-state index in [2.05, 4.69) is 4.98 Å². The summed E-state index contributed by atoms with van der Waals surface area (Å²) in [6, 6.07) is 0. The Bertz CT molecular complexity index is 324. The van der Waals surface area contributed by atoms with Gasteiger partial charge in [-0.3, -0.25) is 4.79 Å². The summed E-state index contributed by atoms with van der Waals surface area (Å²) in [5, 5.41) is 2.39. The van der Waals surface area contributed by atoms with Gasteiger partial charge in [0.2, 0.25) is 0 Å². The highest BCUT2D eigenvalue weighted by Gasteiger charge is 2.32. The summed E-state index contributed by atoms with van der Waals surface area (Å²) >= 11 is 13.2. The standard InChI is InChI=1S/C9H11Cl2NOS/c1-9(2,7(11)3-10)8-12-6(4-13)5-14-8/h4-5,7H,3H2,1-2H3. The predicted octanol–water partition coefficient (Wildman–Crippen LogP) is 3.08. The summed E-state index contributed by atoms with van der Waals surface area (Å²) in [6.45, 7) is 3.95. The molecule has 0 saturated carbocycles. The van der Waals surface area contributed by atoms with Crippen LogP contribution in [0.3, 0.4) is 0 Å². The molecule has 0 amide bonds. The van der Waals surface area contributed by atoms with Gasteiger partial charge in [0, 0.05) is 16.7 Å². The van der Waals surface area contributed by atoms with Crippen LogP contribution in [0.25, 0.3) is 0 Å². The van der Waals surface area contributed by atoms with Gasteiger partial charge in [0.25, 0.3) is 0 Å². The third-order valence-electron chi connectivity index (χ3n) is 2.11. The molecule has 1 heterocycles. The third kappa shape index (κ3) is 2.27. The lowest BCUT2D eigenvalue weighted by Gasteiger charge is -2.25. The molecule has 0 aromatic carbocycles. The van der Waals surface area contributed by atoms with Crippen LogP contribution in [0.2, 0.25) is 0 Å². The van der Waals surface area contributed by atoms with Crippen molar-refractivity contribution in [3.05, 3.63) is 16.1 Å². The highest BCUT2D eigenvalue weighted by molar-refractivity contribution is 7.10. The van der Waals surface area contributed by atoms with Gasteiger partial charge in [-0.25, -0.2) is 4.98 Å². The third-order valence-corrected chi connectivity index (χ3v) is 4.48. The molecule has 0 fully saturated rings. The molecule has 0 aliphatic carbocycles. The van der Waals surface area contributed by atoms with Gasteiger partial charge in [-0.1, -0.05) is 13.8 Å². The Hall–Kier alpha value is -0.120. The highest BCUT2D eigenvalue weighted by Crippen LogP contribution is 2.33. The summed E-state index contributed by atoms with van der Waals surface area (Å²) in [5.74, 6) is 0.366. The number of halogens is 2. The van der Waals surface area contributed by atoms with Gasteiger partial charge in [0.15, 0.2) is 6.29 Å². The summed E-state index contributed by atoms with van der Waals surface area (Å²) in [5.41, 5.74) is 0.159. The molecule has 0 aliphatic heterocycles. The fourth-order valence-corrected chi connectivity index (χ4v) is 2.46. The number of thiazole rings is 1. The first-order valence-electron chi connectivity index (χ1n) is 4.13. The largest absolute Gasteiger partial charge is 0.296 e. The van der Waals surface area contributed by atoms with Crippen molar-refractivity contribution >= 4 is 40.8 Å². The number of aldehydes is 1. The minimum Gasteiger partial charge on any atom is -0.296 e. The van der Waals surface area contributed by atoms with Crippen LogP contribution in [0.1, 0.15) is 29.3 Å². The maximum absolute atomic E-state index is 10.5. The fraction of sp³-hybridized carbons (Fsp3) is 0.556. The number of hydrogen-bond donors (Lipinski definition) is 0. The van der Waals surface area contributed by atoms with Crippen LogP contribution in [0.15, 0.2) is 5.38 Å². The Morgan fingerprint density at radius 1 is 1.71 bits per heavy atom. The second-order valence-corrected chi connectivity index (χ2v) is 5.23. The fourth-order valence-electron chi connectivity index (χ4n) is 0.963. The van der Waals surface area contributed by atoms with Crippen LogP contribution in [0.5, 0.6) is 0 Å². The molecular weight excluding hydrogens is 241 g/mol. The van der Waals surface area contributed by atoms with Gasteiger partial charge in [-0.05, 0) is 0 Å². The number of carbonyl (C=O) groups is 1. The van der Waals surface area contributed by atoms with Gasteiger partial charge < -0.3 is 0 Å². The second-order valence-electron chi connectivity index (χ2n) is 3.54. The number of nitrogens with zero attached hydrogens (tertiary/aromatic N) is 1. The van der Waals surface area contributed by atoms with Gasteiger partial charge >= 0.3 is 0 Å². The van der Waals surface area contributed by atoms with E-state index in [1.807, 2.05) is 13.8 Å². The zero-order valence-electron chi connectivity index (χ0n) is 7.96. The Morgan fingerprint density at radius 2 is 2.36 bits per heavy atom. The molecule has 5 heteroatoms. The van der Waals surface area contributed by atoms with Crippen molar-refractivity contribution in [2.75, 3.05) is 5.88 Å². The number of hydrogen-bond acceptors (Lipinski definition) is 3. The van der Waals surface area contributed by atoms with E-state index in [1.54, 1.807) is 5.38 Å².